The van der Waals surface area contributed by atoms with Gasteiger partial charge in [0, 0.05) is 44.5 Å². The molecule has 0 aromatic carbocycles. The molecule has 0 atom stereocenters. The molecule has 3 heterocycles. The van der Waals surface area contributed by atoms with E-state index in [9.17, 15) is 14.4 Å². The van der Waals surface area contributed by atoms with Crippen LogP contribution in [-0.4, -0.2) is 51.3 Å². The van der Waals surface area contributed by atoms with Gasteiger partial charge < -0.3 is 14.7 Å². The zero-order valence-corrected chi connectivity index (χ0v) is 13.8. The SMILES string of the molecule is Cc1cc(C(=O)N2CC(C(=O)NCCCn3ncccc3=O)C2)no1. The molecule has 0 radical (unpaired) electrons. The summed E-state index contributed by atoms with van der Waals surface area (Å²) in [6, 6.07) is 4.61. The molecule has 3 rings (SSSR count). The van der Waals surface area contributed by atoms with E-state index in [-0.39, 0.29) is 29.0 Å². The zero-order valence-electron chi connectivity index (χ0n) is 13.8. The van der Waals surface area contributed by atoms with Crippen LogP contribution in [0, 0.1) is 12.8 Å². The third-order valence-corrected chi connectivity index (χ3v) is 4.02. The molecule has 132 valence electrons. The Morgan fingerprint density at radius 1 is 1.40 bits per heavy atom. The standard InChI is InChI=1S/C16H19N5O4/c1-11-8-13(19-25-11)16(24)20-9-12(10-20)15(23)17-5-3-7-21-14(22)4-2-6-18-21/h2,4,6,8,12H,3,5,7,9-10H2,1H3,(H,17,23). The van der Waals surface area contributed by atoms with Crippen LogP contribution in [0.5, 0.6) is 0 Å². The van der Waals surface area contributed by atoms with Crippen LogP contribution in [0.1, 0.15) is 22.7 Å². The minimum absolute atomic E-state index is 0.0891. The summed E-state index contributed by atoms with van der Waals surface area (Å²) in [6.45, 7) is 3.36. The second-order valence-electron chi connectivity index (χ2n) is 5.96. The number of rotatable bonds is 6. The molecule has 2 aromatic heterocycles. The quantitative estimate of drug-likeness (QED) is 0.727. The number of hydrogen-bond acceptors (Lipinski definition) is 6. The Hall–Kier alpha value is -2.97. The third-order valence-electron chi connectivity index (χ3n) is 4.02. The van der Waals surface area contributed by atoms with Gasteiger partial charge in [0.15, 0.2) is 5.69 Å². The first kappa shape index (κ1) is 16.9. The van der Waals surface area contributed by atoms with E-state index in [2.05, 4.69) is 15.6 Å². The van der Waals surface area contributed by atoms with Crippen molar-refractivity contribution in [2.45, 2.75) is 19.9 Å². The van der Waals surface area contributed by atoms with E-state index in [1.807, 2.05) is 0 Å². The minimum atomic E-state index is -0.226. The Bertz CT molecular complexity index is 822. The number of likely N-dealkylation sites (tertiary alicyclic amines) is 1. The number of carbonyl (C=O) groups is 2. The summed E-state index contributed by atoms with van der Waals surface area (Å²) in [7, 11) is 0. The Balaban J connectivity index is 1.37. The summed E-state index contributed by atoms with van der Waals surface area (Å²) in [5, 5.41) is 10.5. The number of nitrogens with one attached hydrogen (secondary N) is 1. The number of carbonyl (C=O) groups excluding carboxylic acids is 2. The van der Waals surface area contributed by atoms with Crippen LogP contribution in [0.15, 0.2) is 33.7 Å². The normalized spacial score (nSPS) is 14.2. The van der Waals surface area contributed by atoms with Crippen LogP contribution in [0.25, 0.3) is 0 Å². The summed E-state index contributed by atoms with van der Waals surface area (Å²) in [5.74, 6) is 0.0453. The fourth-order valence-electron chi connectivity index (χ4n) is 2.58. The van der Waals surface area contributed by atoms with Crippen molar-refractivity contribution in [3.63, 3.8) is 0 Å². The highest BCUT2D eigenvalue weighted by molar-refractivity contribution is 5.94. The van der Waals surface area contributed by atoms with Crippen molar-refractivity contribution >= 4 is 11.8 Å². The lowest BCUT2D eigenvalue weighted by Crippen LogP contribution is -2.55. The molecular weight excluding hydrogens is 326 g/mol. The zero-order chi connectivity index (χ0) is 17.8. The van der Waals surface area contributed by atoms with E-state index in [0.717, 1.165) is 0 Å². The fourth-order valence-corrected chi connectivity index (χ4v) is 2.58. The number of aromatic nitrogens is 3. The van der Waals surface area contributed by atoms with Crippen molar-refractivity contribution < 1.29 is 14.1 Å². The minimum Gasteiger partial charge on any atom is -0.361 e. The van der Waals surface area contributed by atoms with Crippen LogP contribution in [0.2, 0.25) is 0 Å². The third kappa shape index (κ3) is 3.93. The molecule has 0 bridgehead atoms. The fraction of sp³-hybridized carbons (Fsp3) is 0.438. The van der Waals surface area contributed by atoms with Gasteiger partial charge in [-0.25, -0.2) is 4.68 Å². The summed E-state index contributed by atoms with van der Waals surface area (Å²) in [6.07, 6.45) is 2.16. The van der Waals surface area contributed by atoms with Gasteiger partial charge in [-0.1, -0.05) is 5.16 Å². The van der Waals surface area contributed by atoms with E-state index in [1.165, 1.54) is 10.7 Å². The summed E-state index contributed by atoms with van der Waals surface area (Å²) >= 11 is 0. The second kappa shape index (κ2) is 7.29. The van der Waals surface area contributed by atoms with Gasteiger partial charge in [0.25, 0.3) is 11.5 Å². The Kier molecular flexibility index (Phi) is 4.92. The molecule has 9 heteroatoms. The van der Waals surface area contributed by atoms with Gasteiger partial charge in [-0.3, -0.25) is 14.4 Å². The van der Waals surface area contributed by atoms with Gasteiger partial charge >= 0.3 is 0 Å². The van der Waals surface area contributed by atoms with Crippen molar-refractivity contribution in [1.82, 2.24) is 25.2 Å². The Morgan fingerprint density at radius 3 is 2.88 bits per heavy atom. The predicted molar refractivity (Wildman–Crippen MR) is 86.8 cm³/mol. The van der Waals surface area contributed by atoms with Gasteiger partial charge in [0.05, 0.1) is 5.92 Å². The molecule has 1 aliphatic heterocycles. The average molecular weight is 345 g/mol. The Morgan fingerprint density at radius 2 is 2.20 bits per heavy atom. The van der Waals surface area contributed by atoms with E-state index >= 15 is 0 Å². The maximum atomic E-state index is 12.1. The van der Waals surface area contributed by atoms with Crippen molar-refractivity contribution in [3.8, 4) is 0 Å². The van der Waals surface area contributed by atoms with Crippen molar-refractivity contribution in [2.75, 3.05) is 19.6 Å². The van der Waals surface area contributed by atoms with Gasteiger partial charge in [0.1, 0.15) is 5.76 Å². The molecule has 0 saturated carbocycles. The molecule has 25 heavy (non-hydrogen) atoms. The smallest absolute Gasteiger partial charge is 0.276 e. The lowest BCUT2D eigenvalue weighted by Gasteiger charge is -2.37. The number of aryl methyl sites for hydroxylation is 2. The molecule has 0 unspecified atom stereocenters. The van der Waals surface area contributed by atoms with Crippen LogP contribution in [0.3, 0.4) is 0 Å². The molecular formula is C16H19N5O4. The van der Waals surface area contributed by atoms with E-state index in [1.54, 1.807) is 30.2 Å². The number of nitrogens with zero attached hydrogens (tertiary/aromatic N) is 4. The highest BCUT2D eigenvalue weighted by Gasteiger charge is 2.36. The van der Waals surface area contributed by atoms with Crippen LogP contribution < -0.4 is 10.9 Å². The molecule has 1 N–H and O–H groups in total. The van der Waals surface area contributed by atoms with Crippen molar-refractivity contribution in [1.29, 1.82) is 0 Å². The number of amides is 2. The summed E-state index contributed by atoms with van der Waals surface area (Å²) in [5.41, 5.74) is 0.0993. The number of hydrogen-bond donors (Lipinski definition) is 1. The molecule has 2 amide bonds. The molecule has 0 spiro atoms. The summed E-state index contributed by atoms with van der Waals surface area (Å²) in [4.78, 5) is 37.2. The summed E-state index contributed by atoms with van der Waals surface area (Å²) < 4.78 is 6.24. The highest BCUT2D eigenvalue weighted by Crippen LogP contribution is 2.18. The molecule has 0 aliphatic carbocycles. The molecule has 1 fully saturated rings. The maximum absolute atomic E-state index is 12.1. The molecule has 2 aromatic rings. The average Bonchev–Trinajstić information content (AvgIpc) is 2.98. The van der Waals surface area contributed by atoms with Gasteiger partial charge in [0.2, 0.25) is 5.91 Å². The van der Waals surface area contributed by atoms with Crippen LogP contribution >= 0.6 is 0 Å². The van der Waals surface area contributed by atoms with Crippen LogP contribution in [0.4, 0.5) is 0 Å². The van der Waals surface area contributed by atoms with Crippen LogP contribution in [-0.2, 0) is 11.3 Å². The lowest BCUT2D eigenvalue weighted by molar-refractivity contribution is -0.129. The first-order valence-corrected chi connectivity index (χ1v) is 8.07. The largest absolute Gasteiger partial charge is 0.361 e. The molecule has 9 nitrogen and oxygen atoms in total. The lowest BCUT2D eigenvalue weighted by atomic mass is 9.98. The molecule has 1 saturated heterocycles. The first-order chi connectivity index (χ1) is 12.0. The van der Waals surface area contributed by atoms with E-state index in [4.69, 9.17) is 4.52 Å². The topological polar surface area (TPSA) is 110 Å². The van der Waals surface area contributed by atoms with Gasteiger partial charge in [-0.05, 0) is 19.4 Å². The Labute approximate surface area is 143 Å². The van der Waals surface area contributed by atoms with E-state index in [0.29, 0.717) is 38.4 Å². The predicted octanol–water partition coefficient (Wildman–Crippen LogP) is -0.182. The van der Waals surface area contributed by atoms with E-state index < -0.39 is 0 Å². The first-order valence-electron chi connectivity index (χ1n) is 8.07. The monoisotopic (exact) mass is 345 g/mol. The van der Waals surface area contributed by atoms with Crippen molar-refractivity contribution in [2.24, 2.45) is 5.92 Å². The van der Waals surface area contributed by atoms with Crippen molar-refractivity contribution in [3.05, 3.63) is 46.2 Å². The highest BCUT2D eigenvalue weighted by atomic mass is 16.5. The van der Waals surface area contributed by atoms with Gasteiger partial charge in [-0.2, -0.15) is 5.10 Å². The second-order valence-corrected chi connectivity index (χ2v) is 5.96. The maximum Gasteiger partial charge on any atom is 0.276 e. The van der Waals surface area contributed by atoms with Gasteiger partial charge in [-0.15, -0.1) is 0 Å². The molecule has 1 aliphatic rings.